The fourth-order valence-electron chi connectivity index (χ4n) is 4.77. The van der Waals surface area contributed by atoms with Gasteiger partial charge in [-0.3, -0.25) is 9.59 Å². The van der Waals surface area contributed by atoms with E-state index in [1.165, 1.54) is 18.2 Å². The molecule has 1 saturated heterocycles. The lowest BCUT2D eigenvalue weighted by molar-refractivity contribution is -0.133. The third-order valence-electron chi connectivity index (χ3n) is 6.19. The zero-order valence-corrected chi connectivity index (χ0v) is 18.6. The van der Waals surface area contributed by atoms with Crippen molar-refractivity contribution in [2.75, 3.05) is 23.7 Å². The van der Waals surface area contributed by atoms with Gasteiger partial charge in [0.15, 0.2) is 0 Å². The van der Waals surface area contributed by atoms with Gasteiger partial charge in [0.05, 0.1) is 6.42 Å². The molecule has 9 heteroatoms. The van der Waals surface area contributed by atoms with Crippen LogP contribution in [0.2, 0.25) is 0 Å². The number of benzene rings is 1. The number of thiophene rings is 1. The number of urea groups is 1. The molecule has 5 rings (SSSR count). The summed E-state index contributed by atoms with van der Waals surface area (Å²) in [7, 11) is 0. The highest BCUT2D eigenvalue weighted by Gasteiger charge is 2.36. The molecule has 3 amide bonds. The van der Waals surface area contributed by atoms with Crippen LogP contribution in [0.15, 0.2) is 58.7 Å². The Balaban J connectivity index is 1.30. The van der Waals surface area contributed by atoms with E-state index < -0.39 is 11.8 Å². The Morgan fingerprint density at radius 3 is 2.73 bits per heavy atom. The van der Waals surface area contributed by atoms with Crippen LogP contribution in [0.25, 0.3) is 0 Å². The number of rotatable bonds is 4. The zero-order chi connectivity index (χ0) is 22.9. The molecule has 0 radical (unpaired) electrons. The first-order chi connectivity index (χ1) is 16.0. The first-order valence-electron chi connectivity index (χ1n) is 10.8. The summed E-state index contributed by atoms with van der Waals surface area (Å²) in [5.41, 5.74) is 1.08. The highest BCUT2D eigenvalue weighted by Crippen LogP contribution is 2.35. The number of likely N-dealkylation sites (tertiary alicyclic amines) is 1. The van der Waals surface area contributed by atoms with Crippen molar-refractivity contribution < 1.29 is 14.0 Å². The van der Waals surface area contributed by atoms with E-state index in [0.29, 0.717) is 31.7 Å². The lowest BCUT2D eigenvalue weighted by atomic mass is 9.83. The second kappa shape index (κ2) is 8.82. The minimum Gasteiger partial charge on any atom is -0.341 e. The Labute approximate surface area is 193 Å². The third-order valence-corrected chi connectivity index (χ3v) is 7.07. The number of fused-ring (bicyclic) bond motifs is 4. The van der Waals surface area contributed by atoms with Crippen LogP contribution in [-0.4, -0.2) is 34.5 Å². The highest BCUT2D eigenvalue weighted by atomic mass is 32.1. The van der Waals surface area contributed by atoms with Crippen molar-refractivity contribution in [2.24, 2.45) is 5.92 Å². The van der Waals surface area contributed by atoms with Gasteiger partial charge in [0, 0.05) is 41.8 Å². The van der Waals surface area contributed by atoms with Crippen LogP contribution in [0.3, 0.4) is 0 Å². The summed E-state index contributed by atoms with van der Waals surface area (Å²) in [4.78, 5) is 41.2. The Morgan fingerprint density at radius 1 is 1.06 bits per heavy atom. The molecule has 1 aromatic carbocycles. The first-order valence-corrected chi connectivity index (χ1v) is 11.7. The Morgan fingerprint density at radius 2 is 1.94 bits per heavy atom. The molecule has 4 heterocycles. The molecule has 3 aromatic rings. The van der Waals surface area contributed by atoms with Crippen LogP contribution in [0.4, 0.5) is 20.6 Å². The second-order valence-electron chi connectivity index (χ2n) is 8.53. The topological polar surface area (TPSA) is 83.4 Å². The van der Waals surface area contributed by atoms with Crippen LogP contribution < -0.4 is 16.2 Å². The maximum absolute atomic E-state index is 13.3. The van der Waals surface area contributed by atoms with Gasteiger partial charge in [-0.2, -0.15) is 0 Å². The second-order valence-corrected chi connectivity index (χ2v) is 9.56. The first kappa shape index (κ1) is 21.4. The van der Waals surface area contributed by atoms with Gasteiger partial charge >= 0.3 is 6.03 Å². The van der Waals surface area contributed by atoms with Crippen molar-refractivity contribution >= 4 is 34.6 Å². The van der Waals surface area contributed by atoms with Crippen LogP contribution in [0, 0.1) is 11.7 Å². The van der Waals surface area contributed by atoms with Crippen molar-refractivity contribution in [1.82, 2.24) is 9.47 Å². The van der Waals surface area contributed by atoms with E-state index >= 15 is 0 Å². The fraction of sp³-hybridized carbons (Fsp3) is 0.292. The number of hydrogen-bond acceptors (Lipinski definition) is 4. The summed E-state index contributed by atoms with van der Waals surface area (Å²) in [6.07, 6.45) is 1.35. The van der Waals surface area contributed by atoms with Crippen LogP contribution >= 0.6 is 11.3 Å². The van der Waals surface area contributed by atoms with E-state index in [1.54, 1.807) is 28.0 Å². The molecule has 2 aromatic heterocycles. The predicted octanol–water partition coefficient (Wildman–Crippen LogP) is 3.88. The molecular formula is C24H23FN4O3S. The minimum atomic E-state index is -0.611. The average Bonchev–Trinajstić information content (AvgIpc) is 3.29. The quantitative estimate of drug-likeness (QED) is 0.612. The minimum absolute atomic E-state index is 0.0904. The summed E-state index contributed by atoms with van der Waals surface area (Å²) in [5, 5.41) is 7.08. The van der Waals surface area contributed by atoms with Gasteiger partial charge < -0.3 is 20.1 Å². The predicted molar refractivity (Wildman–Crippen MR) is 125 cm³/mol. The molecule has 170 valence electrons. The standard InChI is InChI=1S/C24H23FN4O3S/c25-17-3-1-4-18(10-17)26-24(32)27-20-6-7-21-16-9-15(13-29(21)23(20)31)12-28(14-16)22(30)11-19-5-2-8-33-19/h1-8,10,15-16H,9,11-14H2,(H2,26,27,32)/t15-,16+/m0/s1. The lowest BCUT2D eigenvalue weighted by Crippen LogP contribution is -2.49. The Hall–Kier alpha value is -3.46. The summed E-state index contributed by atoms with van der Waals surface area (Å²) in [6, 6.07) is 12.3. The monoisotopic (exact) mass is 466 g/mol. The summed E-state index contributed by atoms with van der Waals surface area (Å²) < 4.78 is 15.1. The number of carbonyl (C=O) groups excluding carboxylic acids is 2. The number of halogens is 1. The summed E-state index contributed by atoms with van der Waals surface area (Å²) in [5.74, 6) is -0.0587. The molecule has 0 aliphatic carbocycles. The van der Waals surface area contributed by atoms with Gasteiger partial charge in [-0.25, -0.2) is 9.18 Å². The number of amides is 3. The molecule has 7 nitrogen and oxygen atoms in total. The van der Waals surface area contributed by atoms with Gasteiger partial charge in [-0.05, 0) is 54.1 Å². The number of pyridine rings is 1. The molecule has 2 atom stereocenters. The molecule has 1 fully saturated rings. The number of aromatic nitrogens is 1. The lowest BCUT2D eigenvalue weighted by Gasteiger charge is -2.43. The van der Waals surface area contributed by atoms with E-state index in [4.69, 9.17) is 0 Å². The van der Waals surface area contributed by atoms with Crippen molar-refractivity contribution in [2.45, 2.75) is 25.3 Å². The van der Waals surface area contributed by atoms with Crippen LogP contribution in [0.1, 0.15) is 22.9 Å². The molecule has 33 heavy (non-hydrogen) atoms. The zero-order valence-electron chi connectivity index (χ0n) is 17.8. The van der Waals surface area contributed by atoms with Gasteiger partial charge in [-0.15, -0.1) is 11.3 Å². The Bertz CT molecular complexity index is 1260. The van der Waals surface area contributed by atoms with Gasteiger partial charge in [0.2, 0.25) is 5.91 Å². The smallest absolute Gasteiger partial charge is 0.323 e. The van der Waals surface area contributed by atoms with E-state index in [9.17, 15) is 18.8 Å². The van der Waals surface area contributed by atoms with E-state index in [1.807, 2.05) is 28.5 Å². The molecular weight excluding hydrogens is 443 g/mol. The van der Waals surface area contributed by atoms with Crippen molar-refractivity contribution in [3.05, 3.63) is 80.7 Å². The van der Waals surface area contributed by atoms with Crippen LogP contribution in [0.5, 0.6) is 0 Å². The number of hydrogen-bond donors (Lipinski definition) is 2. The maximum atomic E-state index is 13.3. The van der Waals surface area contributed by atoms with Crippen molar-refractivity contribution in [3.8, 4) is 0 Å². The maximum Gasteiger partial charge on any atom is 0.323 e. The number of anilines is 2. The van der Waals surface area contributed by atoms with E-state index in [0.717, 1.165) is 17.0 Å². The van der Waals surface area contributed by atoms with Crippen molar-refractivity contribution in [1.29, 1.82) is 0 Å². The Kier molecular flexibility index (Phi) is 5.72. The number of nitrogens with one attached hydrogen (secondary N) is 2. The van der Waals surface area contributed by atoms with Crippen LogP contribution in [-0.2, 0) is 17.8 Å². The fourth-order valence-corrected chi connectivity index (χ4v) is 5.47. The van der Waals surface area contributed by atoms with Crippen molar-refractivity contribution in [3.63, 3.8) is 0 Å². The highest BCUT2D eigenvalue weighted by molar-refractivity contribution is 7.10. The van der Waals surface area contributed by atoms with Gasteiger partial charge in [-0.1, -0.05) is 12.1 Å². The molecule has 2 N–H and O–H groups in total. The third kappa shape index (κ3) is 4.54. The van der Waals surface area contributed by atoms with Gasteiger partial charge in [0.1, 0.15) is 11.5 Å². The molecule has 0 spiro atoms. The molecule has 2 bridgehead atoms. The summed E-state index contributed by atoms with van der Waals surface area (Å²) in [6.45, 7) is 1.73. The molecule has 2 aliphatic heterocycles. The van der Waals surface area contributed by atoms with E-state index in [2.05, 4.69) is 10.6 Å². The molecule has 0 unspecified atom stereocenters. The van der Waals surface area contributed by atoms with E-state index in [-0.39, 0.29) is 29.0 Å². The molecule has 0 saturated carbocycles. The normalized spacial score (nSPS) is 19.0. The average molecular weight is 467 g/mol. The largest absolute Gasteiger partial charge is 0.341 e. The number of carbonyl (C=O) groups is 2. The summed E-state index contributed by atoms with van der Waals surface area (Å²) >= 11 is 1.58. The molecule has 2 aliphatic rings. The number of piperidine rings is 1. The number of nitrogens with zero attached hydrogens (tertiary/aromatic N) is 2. The van der Waals surface area contributed by atoms with Gasteiger partial charge in [0.25, 0.3) is 5.56 Å². The SMILES string of the molecule is O=C(Nc1cccc(F)c1)Nc1ccc2n(c1=O)C[C@H]1C[C@@H]2CN(C(=O)Cc2cccs2)C1.